The quantitative estimate of drug-likeness (QED) is 0.293. The molecule has 0 spiro atoms. The Kier molecular flexibility index (Phi) is 8.96. The van der Waals surface area contributed by atoms with Crippen LogP contribution in [0.2, 0.25) is 0 Å². The summed E-state index contributed by atoms with van der Waals surface area (Å²) in [5.41, 5.74) is 3.15. The average molecular weight is 383 g/mol. The highest BCUT2D eigenvalue weighted by atomic mass is 16.5. The molecule has 0 N–H and O–H groups in total. The minimum absolute atomic E-state index is 0.849. The molecule has 1 saturated carbocycles. The SMILES string of the molecule is CCCCCOc1ccc(CCC2=CCC([C@H]3CC[C@H](CC)CC3)CC2)cc1. The maximum Gasteiger partial charge on any atom is 0.119 e. The molecule has 1 atom stereocenters. The number of hydrogen-bond donors (Lipinski definition) is 0. The van der Waals surface area contributed by atoms with E-state index in [1.165, 1.54) is 82.6 Å². The summed E-state index contributed by atoms with van der Waals surface area (Å²) in [4.78, 5) is 0. The molecule has 1 fully saturated rings. The van der Waals surface area contributed by atoms with Crippen LogP contribution in [0.1, 0.15) is 96.5 Å². The Labute approximate surface area is 174 Å². The van der Waals surface area contributed by atoms with Gasteiger partial charge in [-0.05, 0) is 86.8 Å². The molecular formula is C27H42O. The lowest BCUT2D eigenvalue weighted by Gasteiger charge is -2.35. The van der Waals surface area contributed by atoms with Gasteiger partial charge in [0.1, 0.15) is 5.75 Å². The van der Waals surface area contributed by atoms with Gasteiger partial charge >= 0.3 is 0 Å². The van der Waals surface area contributed by atoms with Gasteiger partial charge in [0.15, 0.2) is 0 Å². The Hall–Kier alpha value is -1.24. The maximum atomic E-state index is 5.83. The van der Waals surface area contributed by atoms with Gasteiger partial charge < -0.3 is 4.74 Å². The van der Waals surface area contributed by atoms with Crippen molar-refractivity contribution in [3.05, 3.63) is 41.5 Å². The summed E-state index contributed by atoms with van der Waals surface area (Å²) in [5, 5.41) is 0. The number of unbranched alkanes of at least 4 members (excludes halogenated alkanes) is 2. The highest BCUT2D eigenvalue weighted by molar-refractivity contribution is 5.28. The van der Waals surface area contributed by atoms with Crippen molar-refractivity contribution in [3.63, 3.8) is 0 Å². The smallest absolute Gasteiger partial charge is 0.119 e. The fourth-order valence-corrected chi connectivity index (χ4v) is 5.23. The molecule has 0 bridgehead atoms. The van der Waals surface area contributed by atoms with E-state index in [1.54, 1.807) is 5.57 Å². The van der Waals surface area contributed by atoms with Crippen LogP contribution in [0.5, 0.6) is 5.75 Å². The van der Waals surface area contributed by atoms with Gasteiger partial charge in [0, 0.05) is 0 Å². The maximum absolute atomic E-state index is 5.83. The molecule has 1 heteroatoms. The highest BCUT2D eigenvalue weighted by Gasteiger charge is 2.27. The van der Waals surface area contributed by atoms with E-state index in [0.29, 0.717) is 0 Å². The molecule has 0 aliphatic heterocycles. The van der Waals surface area contributed by atoms with Crippen LogP contribution in [-0.2, 0) is 6.42 Å². The average Bonchev–Trinajstić information content (AvgIpc) is 2.76. The first-order chi connectivity index (χ1) is 13.8. The molecule has 1 aromatic carbocycles. The van der Waals surface area contributed by atoms with E-state index >= 15 is 0 Å². The number of hydrogen-bond acceptors (Lipinski definition) is 1. The Morgan fingerprint density at radius 3 is 2.29 bits per heavy atom. The monoisotopic (exact) mass is 382 g/mol. The first kappa shape index (κ1) is 21.5. The third kappa shape index (κ3) is 6.68. The predicted octanol–water partition coefficient (Wildman–Crippen LogP) is 8.13. The van der Waals surface area contributed by atoms with Gasteiger partial charge in [-0.25, -0.2) is 0 Å². The number of allylic oxidation sites excluding steroid dienone is 2. The minimum Gasteiger partial charge on any atom is -0.494 e. The van der Waals surface area contributed by atoms with Crippen molar-refractivity contribution >= 4 is 0 Å². The van der Waals surface area contributed by atoms with Gasteiger partial charge in [0.05, 0.1) is 6.61 Å². The van der Waals surface area contributed by atoms with Crippen molar-refractivity contribution in [2.24, 2.45) is 17.8 Å². The summed E-state index contributed by atoms with van der Waals surface area (Å²) in [5.74, 6) is 4.05. The van der Waals surface area contributed by atoms with Crippen molar-refractivity contribution in [1.82, 2.24) is 0 Å². The molecule has 28 heavy (non-hydrogen) atoms. The largest absolute Gasteiger partial charge is 0.494 e. The first-order valence-corrected chi connectivity index (χ1v) is 12.2. The lowest BCUT2D eigenvalue weighted by atomic mass is 9.71. The summed E-state index contributed by atoms with van der Waals surface area (Å²) >= 11 is 0. The first-order valence-electron chi connectivity index (χ1n) is 12.2. The standard InChI is InChI=1S/C27H42O/c1-3-5-6-21-28-27-19-13-24(14-20-27)8-7-23-11-17-26(18-12-23)25-15-9-22(4-2)10-16-25/h11,13-14,19-20,22,25-26H,3-10,12,15-18,21H2,1-2H3/t22-,25-,26?. The van der Waals surface area contributed by atoms with E-state index in [0.717, 1.165) is 36.5 Å². The van der Waals surface area contributed by atoms with Crippen LogP contribution in [-0.4, -0.2) is 6.61 Å². The van der Waals surface area contributed by atoms with Gasteiger partial charge in [-0.2, -0.15) is 0 Å². The molecule has 1 unspecified atom stereocenters. The van der Waals surface area contributed by atoms with Crippen molar-refractivity contribution in [3.8, 4) is 5.75 Å². The third-order valence-electron chi connectivity index (χ3n) is 7.36. The van der Waals surface area contributed by atoms with Crippen LogP contribution in [0.15, 0.2) is 35.9 Å². The van der Waals surface area contributed by atoms with Crippen LogP contribution in [0.25, 0.3) is 0 Å². The second-order valence-electron chi connectivity index (χ2n) is 9.29. The van der Waals surface area contributed by atoms with Gasteiger partial charge in [-0.15, -0.1) is 0 Å². The molecule has 3 rings (SSSR count). The van der Waals surface area contributed by atoms with E-state index in [-0.39, 0.29) is 0 Å². The zero-order chi connectivity index (χ0) is 19.6. The van der Waals surface area contributed by atoms with E-state index < -0.39 is 0 Å². The Balaban J connectivity index is 1.37. The fraction of sp³-hybridized carbons (Fsp3) is 0.704. The van der Waals surface area contributed by atoms with Crippen molar-refractivity contribution < 1.29 is 4.74 Å². The highest BCUT2D eigenvalue weighted by Crippen LogP contribution is 2.40. The van der Waals surface area contributed by atoms with E-state index in [1.807, 2.05) is 0 Å². The zero-order valence-electron chi connectivity index (χ0n) is 18.4. The van der Waals surface area contributed by atoms with Crippen LogP contribution in [0.4, 0.5) is 0 Å². The van der Waals surface area contributed by atoms with E-state index in [4.69, 9.17) is 4.74 Å². The number of ether oxygens (including phenoxy) is 1. The van der Waals surface area contributed by atoms with Gasteiger partial charge in [0.2, 0.25) is 0 Å². The lowest BCUT2D eigenvalue weighted by Crippen LogP contribution is -2.23. The van der Waals surface area contributed by atoms with Gasteiger partial charge in [0.25, 0.3) is 0 Å². The lowest BCUT2D eigenvalue weighted by molar-refractivity contribution is 0.189. The molecule has 0 aromatic heterocycles. The molecule has 156 valence electrons. The van der Waals surface area contributed by atoms with Crippen LogP contribution in [0, 0.1) is 17.8 Å². The molecule has 0 heterocycles. The fourth-order valence-electron chi connectivity index (χ4n) is 5.23. The van der Waals surface area contributed by atoms with Crippen molar-refractivity contribution in [2.45, 2.75) is 97.3 Å². The topological polar surface area (TPSA) is 9.23 Å². The Bertz CT molecular complexity index is 577. The zero-order valence-corrected chi connectivity index (χ0v) is 18.4. The summed E-state index contributed by atoms with van der Waals surface area (Å²) < 4.78 is 5.83. The Morgan fingerprint density at radius 2 is 1.64 bits per heavy atom. The van der Waals surface area contributed by atoms with E-state index in [2.05, 4.69) is 44.2 Å². The van der Waals surface area contributed by atoms with Crippen LogP contribution < -0.4 is 4.74 Å². The Morgan fingerprint density at radius 1 is 0.857 bits per heavy atom. The molecule has 1 aromatic rings. The molecule has 2 aliphatic carbocycles. The summed E-state index contributed by atoms with van der Waals surface area (Å²) in [6.45, 7) is 5.45. The number of rotatable bonds is 10. The van der Waals surface area contributed by atoms with Crippen LogP contribution in [0.3, 0.4) is 0 Å². The van der Waals surface area contributed by atoms with Crippen LogP contribution >= 0.6 is 0 Å². The molecule has 0 saturated heterocycles. The molecular weight excluding hydrogens is 340 g/mol. The number of aryl methyl sites for hydroxylation is 1. The van der Waals surface area contributed by atoms with Crippen molar-refractivity contribution in [1.29, 1.82) is 0 Å². The second kappa shape index (κ2) is 11.7. The van der Waals surface area contributed by atoms with E-state index in [9.17, 15) is 0 Å². The molecule has 1 nitrogen and oxygen atoms in total. The normalized spacial score (nSPS) is 25.4. The molecule has 2 aliphatic rings. The number of benzene rings is 1. The summed E-state index contributed by atoms with van der Waals surface area (Å²) in [6.07, 6.45) is 20.2. The van der Waals surface area contributed by atoms with Gasteiger partial charge in [-0.1, -0.05) is 69.7 Å². The predicted molar refractivity (Wildman–Crippen MR) is 121 cm³/mol. The third-order valence-corrected chi connectivity index (χ3v) is 7.36. The van der Waals surface area contributed by atoms with Crippen molar-refractivity contribution in [2.75, 3.05) is 6.61 Å². The second-order valence-corrected chi connectivity index (χ2v) is 9.29. The summed E-state index contributed by atoms with van der Waals surface area (Å²) in [6, 6.07) is 8.82. The van der Waals surface area contributed by atoms with Gasteiger partial charge in [-0.3, -0.25) is 0 Å². The molecule has 0 amide bonds. The minimum atomic E-state index is 0.849. The summed E-state index contributed by atoms with van der Waals surface area (Å²) in [7, 11) is 0. The molecule has 0 radical (unpaired) electrons.